The van der Waals surface area contributed by atoms with Crippen molar-refractivity contribution in [1.29, 1.82) is 0 Å². The molecule has 7 nitrogen and oxygen atoms in total. The zero-order valence-corrected chi connectivity index (χ0v) is 8.51. The van der Waals surface area contributed by atoms with Crippen LogP contribution in [0.15, 0.2) is 16.5 Å². The highest BCUT2D eigenvalue weighted by Gasteiger charge is 2.18. The number of nitrogens with zero attached hydrogens (tertiary/aromatic N) is 2. The number of aliphatic hydroxyl groups excluding tert-OH is 1. The van der Waals surface area contributed by atoms with E-state index in [0.29, 0.717) is 0 Å². The molecule has 8 heteroatoms. The van der Waals surface area contributed by atoms with E-state index in [9.17, 15) is 14.5 Å². The monoisotopic (exact) mass is 241 g/mol. The lowest BCUT2D eigenvalue weighted by molar-refractivity contribution is -0.387. The van der Waals surface area contributed by atoms with Gasteiger partial charge in [0.05, 0.1) is 17.6 Å². The minimum Gasteiger partial charge on any atom is -0.423 e. The van der Waals surface area contributed by atoms with Gasteiger partial charge >= 0.3 is 5.69 Å². The molecule has 0 spiro atoms. The number of nitrogens with one attached hydrogen (secondary N) is 1. The molecule has 0 radical (unpaired) electrons. The van der Waals surface area contributed by atoms with Crippen molar-refractivity contribution < 1.29 is 18.8 Å². The molecular weight excluding hydrogens is 233 g/mol. The molecule has 17 heavy (non-hydrogen) atoms. The van der Waals surface area contributed by atoms with E-state index in [2.05, 4.69) is 10.3 Å². The maximum atomic E-state index is 13.2. The Morgan fingerprint density at radius 1 is 1.59 bits per heavy atom. The number of aromatic nitrogens is 1. The number of rotatable bonds is 4. The Morgan fingerprint density at radius 2 is 2.35 bits per heavy atom. The Balaban J connectivity index is 2.43. The van der Waals surface area contributed by atoms with Crippen LogP contribution in [0.5, 0.6) is 0 Å². The molecule has 1 aromatic heterocycles. The lowest BCUT2D eigenvalue weighted by Gasteiger charge is -1.94. The van der Waals surface area contributed by atoms with Crippen LogP contribution in [-0.2, 0) is 0 Å². The molecule has 0 atom stereocenters. The third-order valence-corrected chi connectivity index (χ3v) is 2.04. The zero-order valence-electron chi connectivity index (χ0n) is 8.51. The van der Waals surface area contributed by atoms with Crippen LogP contribution >= 0.6 is 0 Å². The van der Waals surface area contributed by atoms with Crippen LogP contribution in [0.4, 0.5) is 16.1 Å². The van der Waals surface area contributed by atoms with Gasteiger partial charge < -0.3 is 14.8 Å². The summed E-state index contributed by atoms with van der Waals surface area (Å²) >= 11 is 0. The summed E-state index contributed by atoms with van der Waals surface area (Å²) in [7, 11) is 0. The lowest BCUT2D eigenvalue weighted by atomic mass is 10.3. The number of nitro benzene ring substituents is 1. The first-order valence-electron chi connectivity index (χ1n) is 4.71. The molecule has 2 rings (SSSR count). The number of nitro groups is 1. The van der Waals surface area contributed by atoms with E-state index in [1.807, 2.05) is 0 Å². The second kappa shape index (κ2) is 4.34. The normalized spacial score (nSPS) is 10.7. The minimum atomic E-state index is -0.968. The van der Waals surface area contributed by atoms with Gasteiger partial charge in [-0.1, -0.05) is 0 Å². The number of halogens is 1. The Kier molecular flexibility index (Phi) is 2.88. The van der Waals surface area contributed by atoms with Gasteiger partial charge in [0, 0.05) is 12.6 Å². The SMILES string of the molecule is O=[N+]([O-])c1cc2oc(NCCO)nc2cc1F. The van der Waals surface area contributed by atoms with Gasteiger partial charge in [0.25, 0.3) is 6.01 Å². The maximum Gasteiger partial charge on any atom is 0.308 e. The molecule has 2 N–H and O–H groups in total. The smallest absolute Gasteiger partial charge is 0.308 e. The van der Waals surface area contributed by atoms with Crippen LogP contribution < -0.4 is 5.32 Å². The first-order chi connectivity index (χ1) is 8.11. The number of fused-ring (bicyclic) bond motifs is 1. The van der Waals surface area contributed by atoms with Crippen LogP contribution in [0.2, 0.25) is 0 Å². The summed E-state index contributed by atoms with van der Waals surface area (Å²) in [6, 6.07) is 1.98. The van der Waals surface area contributed by atoms with Crippen LogP contribution in [0, 0.1) is 15.9 Å². The van der Waals surface area contributed by atoms with Crippen molar-refractivity contribution in [3.63, 3.8) is 0 Å². The quantitative estimate of drug-likeness (QED) is 0.617. The van der Waals surface area contributed by atoms with Crippen molar-refractivity contribution in [3.8, 4) is 0 Å². The second-order valence-corrected chi connectivity index (χ2v) is 3.20. The second-order valence-electron chi connectivity index (χ2n) is 3.20. The first-order valence-corrected chi connectivity index (χ1v) is 4.71. The van der Waals surface area contributed by atoms with Crippen LogP contribution in [0.3, 0.4) is 0 Å². The average Bonchev–Trinajstić information content (AvgIpc) is 2.66. The number of aliphatic hydroxyl groups is 1. The third kappa shape index (κ3) is 2.16. The Morgan fingerprint density at radius 3 is 3.00 bits per heavy atom. The summed E-state index contributed by atoms with van der Waals surface area (Å²) in [6.45, 7) is 0.102. The maximum absolute atomic E-state index is 13.2. The van der Waals surface area contributed by atoms with Gasteiger partial charge in [0.1, 0.15) is 5.52 Å². The van der Waals surface area contributed by atoms with Crippen LogP contribution in [-0.4, -0.2) is 28.2 Å². The zero-order chi connectivity index (χ0) is 12.4. The van der Waals surface area contributed by atoms with Gasteiger partial charge in [-0.2, -0.15) is 9.37 Å². The fourth-order valence-corrected chi connectivity index (χ4v) is 1.32. The molecule has 0 saturated carbocycles. The molecule has 0 aliphatic heterocycles. The molecule has 90 valence electrons. The molecule has 0 fully saturated rings. The molecular formula is C9H8FN3O4. The molecule has 2 aromatic rings. The fraction of sp³-hybridized carbons (Fsp3) is 0.222. The van der Waals surface area contributed by atoms with E-state index in [1.54, 1.807) is 0 Å². The van der Waals surface area contributed by atoms with E-state index in [4.69, 9.17) is 9.52 Å². The summed E-state index contributed by atoms with van der Waals surface area (Å²) in [6.07, 6.45) is 0. The molecule has 0 bridgehead atoms. The Labute approximate surface area is 94.0 Å². The highest BCUT2D eigenvalue weighted by atomic mass is 19.1. The highest BCUT2D eigenvalue weighted by molar-refractivity contribution is 5.77. The largest absolute Gasteiger partial charge is 0.423 e. The van der Waals surface area contributed by atoms with Gasteiger partial charge in [-0.05, 0) is 0 Å². The topological polar surface area (TPSA) is 101 Å². The molecule has 1 aromatic carbocycles. The number of benzene rings is 1. The van der Waals surface area contributed by atoms with E-state index in [-0.39, 0.29) is 30.3 Å². The van der Waals surface area contributed by atoms with Crippen LogP contribution in [0.25, 0.3) is 11.1 Å². The third-order valence-electron chi connectivity index (χ3n) is 2.04. The number of oxazole rings is 1. The summed E-state index contributed by atoms with van der Waals surface area (Å²) < 4.78 is 18.4. The van der Waals surface area contributed by atoms with Gasteiger partial charge in [0.15, 0.2) is 5.58 Å². The number of hydrogen-bond acceptors (Lipinski definition) is 6. The van der Waals surface area contributed by atoms with Gasteiger partial charge in [-0.3, -0.25) is 10.1 Å². The minimum absolute atomic E-state index is 0.0777. The summed E-state index contributed by atoms with van der Waals surface area (Å²) in [5.41, 5.74) is -0.380. The fourth-order valence-electron chi connectivity index (χ4n) is 1.32. The lowest BCUT2D eigenvalue weighted by Crippen LogP contribution is -2.05. The first kappa shape index (κ1) is 11.3. The van der Waals surface area contributed by atoms with Crippen molar-refractivity contribution in [3.05, 3.63) is 28.1 Å². The van der Waals surface area contributed by atoms with Crippen molar-refractivity contribution >= 4 is 22.8 Å². The Hall–Kier alpha value is -2.22. The van der Waals surface area contributed by atoms with Crippen molar-refractivity contribution in [2.75, 3.05) is 18.5 Å². The molecule has 0 unspecified atom stereocenters. The van der Waals surface area contributed by atoms with E-state index in [1.165, 1.54) is 0 Å². The van der Waals surface area contributed by atoms with Crippen LogP contribution in [0.1, 0.15) is 0 Å². The molecule has 0 aliphatic rings. The van der Waals surface area contributed by atoms with Gasteiger partial charge in [0.2, 0.25) is 5.82 Å². The molecule has 0 amide bonds. The summed E-state index contributed by atoms with van der Waals surface area (Å²) in [5, 5.41) is 21.7. The van der Waals surface area contributed by atoms with Crippen molar-refractivity contribution in [2.45, 2.75) is 0 Å². The molecule has 1 heterocycles. The van der Waals surface area contributed by atoms with Gasteiger partial charge in [-0.15, -0.1) is 0 Å². The molecule has 0 saturated heterocycles. The number of anilines is 1. The number of hydrogen-bond donors (Lipinski definition) is 2. The predicted octanol–water partition coefficient (Wildman–Crippen LogP) is 1.28. The van der Waals surface area contributed by atoms with Crippen molar-refractivity contribution in [2.24, 2.45) is 0 Å². The Bertz CT molecular complexity index is 569. The summed E-state index contributed by atoms with van der Waals surface area (Å²) in [5.74, 6) is -0.968. The predicted molar refractivity (Wildman–Crippen MR) is 56.2 cm³/mol. The van der Waals surface area contributed by atoms with Crippen molar-refractivity contribution in [1.82, 2.24) is 4.98 Å². The van der Waals surface area contributed by atoms with E-state index < -0.39 is 16.4 Å². The van der Waals surface area contributed by atoms with E-state index in [0.717, 1.165) is 12.1 Å². The average molecular weight is 241 g/mol. The molecule has 0 aliphatic carbocycles. The van der Waals surface area contributed by atoms with E-state index >= 15 is 0 Å². The summed E-state index contributed by atoms with van der Waals surface area (Å²) in [4.78, 5) is 13.5. The standard InChI is InChI=1S/C9H8FN3O4/c10-5-3-6-8(4-7(5)13(15)16)17-9(12-6)11-1-2-14/h3-4,14H,1-2H2,(H,11,12). The highest BCUT2D eigenvalue weighted by Crippen LogP contribution is 2.26. The van der Waals surface area contributed by atoms with Gasteiger partial charge in [-0.25, -0.2) is 0 Å².